The van der Waals surface area contributed by atoms with Crippen molar-refractivity contribution in [3.8, 4) is 5.75 Å². The fourth-order valence-corrected chi connectivity index (χ4v) is 2.77. The largest absolute Gasteiger partial charge is 0.524 e. The van der Waals surface area contributed by atoms with Gasteiger partial charge in [0, 0.05) is 0 Å². The molecule has 5 heteroatoms. The molecule has 1 aromatic rings. The van der Waals surface area contributed by atoms with Gasteiger partial charge in [-0.25, -0.2) is 4.57 Å². The second-order valence-electron chi connectivity index (χ2n) is 4.49. The maximum atomic E-state index is 10.7. The average Bonchev–Trinajstić information content (AvgIpc) is 2.29. The van der Waals surface area contributed by atoms with Gasteiger partial charge in [-0.2, -0.15) is 0 Å². The van der Waals surface area contributed by atoms with Crippen LogP contribution in [0.1, 0.15) is 43.6 Å². The lowest BCUT2D eigenvalue weighted by molar-refractivity contribution is 0.283. The summed E-state index contributed by atoms with van der Waals surface area (Å²) in [6.07, 6.45) is 6.27. The number of rotatable bonds is 3. The van der Waals surface area contributed by atoms with E-state index in [1.807, 2.05) is 12.1 Å². The lowest BCUT2D eigenvalue weighted by Gasteiger charge is -2.22. The molecule has 4 nitrogen and oxygen atoms in total. The Labute approximate surface area is 101 Å². The molecule has 1 saturated carbocycles. The minimum atomic E-state index is -4.43. The lowest BCUT2D eigenvalue weighted by Crippen LogP contribution is -2.04. The molecule has 1 aliphatic carbocycles. The third-order valence-corrected chi connectivity index (χ3v) is 3.63. The fraction of sp³-hybridized carbons (Fsp3) is 0.500. The summed E-state index contributed by atoms with van der Waals surface area (Å²) in [6.45, 7) is 0. The Morgan fingerprint density at radius 3 is 2.18 bits per heavy atom. The highest BCUT2D eigenvalue weighted by Gasteiger charge is 2.18. The smallest absolute Gasteiger partial charge is 0.404 e. The van der Waals surface area contributed by atoms with Gasteiger partial charge in [0.2, 0.25) is 0 Å². The zero-order chi connectivity index (χ0) is 12.3. The van der Waals surface area contributed by atoms with Crippen LogP contribution in [-0.2, 0) is 4.57 Å². The number of benzene rings is 1. The number of hydrogen-bond donors (Lipinski definition) is 2. The quantitative estimate of drug-likeness (QED) is 0.815. The maximum absolute atomic E-state index is 10.7. The first-order chi connectivity index (χ1) is 8.04. The highest BCUT2D eigenvalue weighted by molar-refractivity contribution is 7.46. The van der Waals surface area contributed by atoms with E-state index in [2.05, 4.69) is 4.52 Å². The monoisotopic (exact) mass is 256 g/mol. The third kappa shape index (κ3) is 3.84. The van der Waals surface area contributed by atoms with Crippen LogP contribution in [0, 0.1) is 0 Å². The van der Waals surface area contributed by atoms with Gasteiger partial charge in [-0.1, -0.05) is 31.4 Å². The van der Waals surface area contributed by atoms with E-state index in [0.29, 0.717) is 5.92 Å². The molecule has 2 rings (SSSR count). The normalized spacial score (nSPS) is 18.0. The summed E-state index contributed by atoms with van der Waals surface area (Å²) >= 11 is 0. The van der Waals surface area contributed by atoms with E-state index in [9.17, 15) is 4.57 Å². The molecule has 17 heavy (non-hydrogen) atoms. The zero-order valence-corrected chi connectivity index (χ0v) is 10.5. The first-order valence-corrected chi connectivity index (χ1v) is 7.43. The van der Waals surface area contributed by atoms with Gasteiger partial charge in [-0.15, -0.1) is 0 Å². The van der Waals surface area contributed by atoms with Crippen molar-refractivity contribution in [2.24, 2.45) is 0 Å². The molecule has 0 bridgehead atoms. The van der Waals surface area contributed by atoms with Gasteiger partial charge in [0.25, 0.3) is 0 Å². The van der Waals surface area contributed by atoms with E-state index in [1.165, 1.54) is 37.7 Å². The van der Waals surface area contributed by atoms with Gasteiger partial charge >= 0.3 is 7.82 Å². The first kappa shape index (κ1) is 12.6. The second kappa shape index (κ2) is 5.21. The molecule has 1 aliphatic rings. The van der Waals surface area contributed by atoms with E-state index in [-0.39, 0.29) is 5.75 Å². The third-order valence-electron chi connectivity index (χ3n) is 3.18. The van der Waals surface area contributed by atoms with Crippen molar-refractivity contribution < 1.29 is 18.9 Å². The number of phosphoric acid groups is 1. The molecule has 0 radical (unpaired) electrons. The van der Waals surface area contributed by atoms with Gasteiger partial charge in [-0.05, 0) is 36.5 Å². The molecule has 0 spiro atoms. The van der Waals surface area contributed by atoms with Crippen molar-refractivity contribution in [1.29, 1.82) is 0 Å². The Morgan fingerprint density at radius 2 is 1.65 bits per heavy atom. The number of hydrogen-bond acceptors (Lipinski definition) is 2. The summed E-state index contributed by atoms with van der Waals surface area (Å²) in [5, 5.41) is 0. The van der Waals surface area contributed by atoms with Crippen LogP contribution in [0.15, 0.2) is 24.3 Å². The van der Waals surface area contributed by atoms with Gasteiger partial charge < -0.3 is 4.52 Å². The van der Waals surface area contributed by atoms with Crippen molar-refractivity contribution in [3.05, 3.63) is 29.8 Å². The second-order valence-corrected chi connectivity index (χ2v) is 5.65. The highest BCUT2D eigenvalue weighted by atomic mass is 31.2. The highest BCUT2D eigenvalue weighted by Crippen LogP contribution is 2.38. The minimum absolute atomic E-state index is 0.220. The van der Waals surface area contributed by atoms with Crippen LogP contribution in [-0.4, -0.2) is 9.79 Å². The topological polar surface area (TPSA) is 66.8 Å². The van der Waals surface area contributed by atoms with Crippen molar-refractivity contribution in [1.82, 2.24) is 0 Å². The predicted octanol–water partition coefficient (Wildman–Crippen LogP) is 3.21. The van der Waals surface area contributed by atoms with Crippen LogP contribution < -0.4 is 4.52 Å². The number of phosphoric ester groups is 1. The Bertz CT molecular complexity index is 403. The molecule has 2 N–H and O–H groups in total. The van der Waals surface area contributed by atoms with Gasteiger partial charge in [0.1, 0.15) is 5.75 Å². The summed E-state index contributed by atoms with van der Waals surface area (Å²) in [6, 6.07) is 7.06. The Morgan fingerprint density at radius 1 is 1.06 bits per heavy atom. The molecule has 0 aliphatic heterocycles. The minimum Gasteiger partial charge on any atom is -0.404 e. The molecule has 0 atom stereocenters. The molecular formula is C12H17O4P. The molecule has 0 unspecified atom stereocenters. The van der Waals surface area contributed by atoms with Crippen molar-refractivity contribution in [2.75, 3.05) is 0 Å². The summed E-state index contributed by atoms with van der Waals surface area (Å²) in [5.74, 6) is 0.811. The van der Waals surface area contributed by atoms with Crippen LogP contribution in [0.3, 0.4) is 0 Å². The molecule has 1 fully saturated rings. The van der Waals surface area contributed by atoms with E-state index >= 15 is 0 Å². The summed E-state index contributed by atoms with van der Waals surface area (Å²) < 4.78 is 15.2. The molecule has 0 saturated heterocycles. The summed E-state index contributed by atoms with van der Waals surface area (Å²) in [5.41, 5.74) is 1.24. The molecular weight excluding hydrogens is 239 g/mol. The SMILES string of the molecule is O=P(O)(O)Oc1ccc(C2CCCCC2)cc1. The molecule has 94 valence electrons. The van der Waals surface area contributed by atoms with Crippen LogP contribution in [0.2, 0.25) is 0 Å². The Hall–Kier alpha value is -0.830. The van der Waals surface area contributed by atoms with E-state index in [1.54, 1.807) is 12.1 Å². The average molecular weight is 256 g/mol. The molecule has 0 aromatic heterocycles. The molecule has 0 amide bonds. The first-order valence-electron chi connectivity index (χ1n) is 5.90. The molecule has 0 heterocycles. The maximum Gasteiger partial charge on any atom is 0.524 e. The summed E-state index contributed by atoms with van der Waals surface area (Å²) in [4.78, 5) is 17.4. The van der Waals surface area contributed by atoms with Gasteiger partial charge in [0.05, 0.1) is 0 Å². The van der Waals surface area contributed by atoms with E-state index < -0.39 is 7.82 Å². The standard InChI is InChI=1S/C12H17O4P/c13-17(14,15)16-12-8-6-11(7-9-12)10-4-2-1-3-5-10/h6-10H,1-5H2,(H2,13,14,15). The van der Waals surface area contributed by atoms with Crippen LogP contribution >= 0.6 is 7.82 Å². The van der Waals surface area contributed by atoms with Crippen molar-refractivity contribution in [3.63, 3.8) is 0 Å². The zero-order valence-electron chi connectivity index (χ0n) is 9.58. The predicted molar refractivity (Wildman–Crippen MR) is 64.9 cm³/mol. The van der Waals surface area contributed by atoms with Crippen molar-refractivity contribution in [2.45, 2.75) is 38.0 Å². The Balaban J connectivity index is 2.04. The van der Waals surface area contributed by atoms with E-state index in [4.69, 9.17) is 9.79 Å². The van der Waals surface area contributed by atoms with Crippen LogP contribution in [0.4, 0.5) is 0 Å². The lowest BCUT2D eigenvalue weighted by atomic mass is 9.84. The fourth-order valence-electron chi connectivity index (χ4n) is 2.37. The summed E-state index contributed by atoms with van der Waals surface area (Å²) in [7, 11) is -4.43. The van der Waals surface area contributed by atoms with E-state index in [0.717, 1.165) is 0 Å². The Kier molecular flexibility index (Phi) is 3.87. The van der Waals surface area contributed by atoms with Gasteiger partial charge in [0.15, 0.2) is 0 Å². The van der Waals surface area contributed by atoms with Crippen LogP contribution in [0.5, 0.6) is 5.75 Å². The van der Waals surface area contributed by atoms with Crippen molar-refractivity contribution >= 4 is 7.82 Å². The van der Waals surface area contributed by atoms with Crippen LogP contribution in [0.25, 0.3) is 0 Å². The molecule has 1 aromatic carbocycles. The van der Waals surface area contributed by atoms with Gasteiger partial charge in [-0.3, -0.25) is 9.79 Å².